The zero-order valence-corrected chi connectivity index (χ0v) is 12.8. The van der Waals surface area contributed by atoms with E-state index in [1.165, 1.54) is 0 Å². The van der Waals surface area contributed by atoms with E-state index < -0.39 is 0 Å². The normalized spacial score (nSPS) is 10.7. The van der Waals surface area contributed by atoms with Crippen LogP contribution in [0.2, 0.25) is 0 Å². The highest BCUT2D eigenvalue weighted by Crippen LogP contribution is 2.30. The fraction of sp³-hybridized carbons (Fsp3) is 0.438. The highest BCUT2D eigenvalue weighted by atomic mass is 16.5. The average molecular weight is 290 g/mol. The van der Waals surface area contributed by atoms with Crippen molar-refractivity contribution in [2.45, 2.75) is 33.8 Å². The maximum absolute atomic E-state index is 5.87. The van der Waals surface area contributed by atoms with Crippen molar-refractivity contribution in [3.05, 3.63) is 40.8 Å². The molecule has 1 aromatic heterocycles. The predicted molar refractivity (Wildman–Crippen MR) is 80.7 cm³/mol. The third-order valence-electron chi connectivity index (χ3n) is 3.29. The molecule has 2 rings (SSSR count). The third kappa shape index (κ3) is 3.76. The minimum Gasteiger partial charge on any atom is -0.490 e. The summed E-state index contributed by atoms with van der Waals surface area (Å²) in [6, 6.07) is 5.92. The highest BCUT2D eigenvalue weighted by molar-refractivity contribution is 5.43. The Balaban J connectivity index is 2.15. The molecular formula is C16H22N2O3. The summed E-state index contributed by atoms with van der Waals surface area (Å²) in [6.45, 7) is 7.36. The Morgan fingerprint density at radius 1 is 1.19 bits per heavy atom. The summed E-state index contributed by atoms with van der Waals surface area (Å²) in [5.41, 5.74) is 8.56. The molecule has 1 aromatic carbocycles. The zero-order valence-electron chi connectivity index (χ0n) is 12.8. The molecule has 0 aliphatic carbocycles. The second-order valence-corrected chi connectivity index (χ2v) is 4.84. The molecule has 2 N–H and O–H groups in total. The molecule has 0 unspecified atom stereocenters. The molecule has 21 heavy (non-hydrogen) atoms. The van der Waals surface area contributed by atoms with Gasteiger partial charge in [0.2, 0.25) is 0 Å². The largest absolute Gasteiger partial charge is 0.490 e. The van der Waals surface area contributed by atoms with Crippen molar-refractivity contribution < 1.29 is 14.0 Å². The SMILES string of the molecule is CCOc1cc(CCN)ccc1OCc1c(C)noc1C. The predicted octanol–water partition coefficient (Wildman–Crippen LogP) is 2.77. The molecule has 0 bridgehead atoms. The smallest absolute Gasteiger partial charge is 0.161 e. The Kier molecular flexibility index (Phi) is 5.22. The minimum absolute atomic E-state index is 0.414. The fourth-order valence-electron chi connectivity index (χ4n) is 2.12. The van der Waals surface area contributed by atoms with E-state index in [4.69, 9.17) is 19.7 Å². The number of aryl methyl sites for hydroxylation is 2. The molecule has 0 saturated heterocycles. The Morgan fingerprint density at radius 3 is 2.62 bits per heavy atom. The third-order valence-corrected chi connectivity index (χ3v) is 3.29. The van der Waals surface area contributed by atoms with Crippen molar-refractivity contribution in [2.75, 3.05) is 13.2 Å². The molecule has 0 spiro atoms. The van der Waals surface area contributed by atoms with Gasteiger partial charge in [-0.3, -0.25) is 0 Å². The van der Waals surface area contributed by atoms with E-state index >= 15 is 0 Å². The Bertz CT molecular complexity index is 574. The number of hydrogen-bond donors (Lipinski definition) is 1. The van der Waals surface area contributed by atoms with Gasteiger partial charge in [0, 0.05) is 0 Å². The number of rotatable bonds is 7. The van der Waals surface area contributed by atoms with Gasteiger partial charge in [0.1, 0.15) is 12.4 Å². The zero-order chi connectivity index (χ0) is 15.2. The van der Waals surface area contributed by atoms with Gasteiger partial charge in [-0.05, 0) is 51.4 Å². The first-order valence-corrected chi connectivity index (χ1v) is 7.16. The van der Waals surface area contributed by atoms with Gasteiger partial charge in [-0.2, -0.15) is 0 Å². The van der Waals surface area contributed by atoms with Crippen molar-refractivity contribution in [3.63, 3.8) is 0 Å². The van der Waals surface area contributed by atoms with Crippen molar-refractivity contribution in [2.24, 2.45) is 5.73 Å². The Morgan fingerprint density at radius 2 is 2.00 bits per heavy atom. The molecule has 0 radical (unpaired) electrons. The first kappa shape index (κ1) is 15.4. The number of nitrogens with two attached hydrogens (primary N) is 1. The lowest BCUT2D eigenvalue weighted by Gasteiger charge is -2.13. The van der Waals surface area contributed by atoms with Gasteiger partial charge < -0.3 is 19.7 Å². The maximum Gasteiger partial charge on any atom is 0.161 e. The lowest BCUT2D eigenvalue weighted by atomic mass is 10.1. The molecule has 0 aliphatic rings. The number of benzene rings is 1. The van der Waals surface area contributed by atoms with Gasteiger partial charge in [0.25, 0.3) is 0 Å². The summed E-state index contributed by atoms with van der Waals surface area (Å²) in [6.07, 6.45) is 0.824. The fourth-order valence-corrected chi connectivity index (χ4v) is 2.12. The Hall–Kier alpha value is -2.01. The summed E-state index contributed by atoms with van der Waals surface area (Å²) < 4.78 is 16.7. The lowest BCUT2D eigenvalue weighted by molar-refractivity contribution is 0.267. The number of ether oxygens (including phenoxy) is 2. The van der Waals surface area contributed by atoms with Crippen LogP contribution in [0.1, 0.15) is 29.5 Å². The Labute approximate surface area is 125 Å². The van der Waals surface area contributed by atoms with Gasteiger partial charge >= 0.3 is 0 Å². The number of nitrogens with zero attached hydrogens (tertiary/aromatic N) is 1. The van der Waals surface area contributed by atoms with E-state index in [9.17, 15) is 0 Å². The first-order chi connectivity index (χ1) is 10.2. The monoisotopic (exact) mass is 290 g/mol. The second-order valence-electron chi connectivity index (χ2n) is 4.84. The van der Waals surface area contributed by atoms with Crippen molar-refractivity contribution in [1.82, 2.24) is 5.16 Å². The summed E-state index contributed by atoms with van der Waals surface area (Å²) in [7, 11) is 0. The molecule has 114 valence electrons. The molecule has 5 nitrogen and oxygen atoms in total. The quantitative estimate of drug-likeness (QED) is 0.849. The van der Waals surface area contributed by atoms with E-state index in [2.05, 4.69) is 5.16 Å². The summed E-state index contributed by atoms with van der Waals surface area (Å²) >= 11 is 0. The van der Waals surface area contributed by atoms with Gasteiger partial charge in [-0.1, -0.05) is 11.2 Å². The van der Waals surface area contributed by atoms with Crippen LogP contribution in [0.15, 0.2) is 22.7 Å². The van der Waals surface area contributed by atoms with Crippen molar-refractivity contribution >= 4 is 0 Å². The standard InChI is InChI=1S/C16H22N2O3/c1-4-19-16-9-13(7-8-17)5-6-15(16)20-10-14-11(2)18-21-12(14)3/h5-6,9H,4,7-8,10,17H2,1-3H3. The second kappa shape index (κ2) is 7.13. The van der Waals surface area contributed by atoms with E-state index in [1.807, 2.05) is 39.0 Å². The molecule has 5 heteroatoms. The van der Waals surface area contributed by atoms with Crippen LogP contribution in [0.5, 0.6) is 11.5 Å². The van der Waals surface area contributed by atoms with Crippen molar-refractivity contribution in [1.29, 1.82) is 0 Å². The minimum atomic E-state index is 0.414. The van der Waals surface area contributed by atoms with Crippen LogP contribution >= 0.6 is 0 Å². The highest BCUT2D eigenvalue weighted by Gasteiger charge is 2.12. The maximum atomic E-state index is 5.87. The van der Waals surface area contributed by atoms with E-state index in [0.717, 1.165) is 40.5 Å². The van der Waals surface area contributed by atoms with E-state index in [-0.39, 0.29) is 0 Å². The summed E-state index contributed by atoms with van der Waals surface area (Å²) in [5.74, 6) is 2.25. The summed E-state index contributed by atoms with van der Waals surface area (Å²) in [5, 5.41) is 3.93. The van der Waals surface area contributed by atoms with Gasteiger partial charge in [0.15, 0.2) is 11.5 Å². The van der Waals surface area contributed by atoms with Crippen LogP contribution in [-0.4, -0.2) is 18.3 Å². The molecule has 0 fully saturated rings. The number of aromatic nitrogens is 1. The van der Waals surface area contributed by atoms with Crippen LogP contribution < -0.4 is 15.2 Å². The molecule has 0 saturated carbocycles. The average Bonchev–Trinajstić information content (AvgIpc) is 2.78. The molecule has 2 aromatic rings. The van der Waals surface area contributed by atoms with E-state index in [1.54, 1.807) is 0 Å². The van der Waals surface area contributed by atoms with Crippen LogP contribution in [-0.2, 0) is 13.0 Å². The molecular weight excluding hydrogens is 268 g/mol. The summed E-state index contributed by atoms with van der Waals surface area (Å²) in [4.78, 5) is 0. The first-order valence-electron chi connectivity index (χ1n) is 7.16. The topological polar surface area (TPSA) is 70.5 Å². The molecule has 1 heterocycles. The number of hydrogen-bond acceptors (Lipinski definition) is 5. The van der Waals surface area contributed by atoms with Gasteiger partial charge in [-0.15, -0.1) is 0 Å². The van der Waals surface area contributed by atoms with Crippen molar-refractivity contribution in [3.8, 4) is 11.5 Å². The van der Waals surface area contributed by atoms with Gasteiger partial charge in [0.05, 0.1) is 17.9 Å². The molecule has 0 aliphatic heterocycles. The van der Waals surface area contributed by atoms with Gasteiger partial charge in [-0.25, -0.2) is 0 Å². The van der Waals surface area contributed by atoms with Crippen LogP contribution in [0.3, 0.4) is 0 Å². The molecule has 0 atom stereocenters. The van der Waals surface area contributed by atoms with Crippen LogP contribution in [0.4, 0.5) is 0 Å². The van der Waals surface area contributed by atoms with Crippen LogP contribution in [0.25, 0.3) is 0 Å². The van der Waals surface area contributed by atoms with Crippen LogP contribution in [0, 0.1) is 13.8 Å². The molecule has 0 amide bonds. The lowest BCUT2D eigenvalue weighted by Crippen LogP contribution is -2.05. The van der Waals surface area contributed by atoms with E-state index in [0.29, 0.717) is 19.8 Å².